The molecule has 0 radical (unpaired) electrons. The molecule has 4 unspecified atom stereocenters. The average Bonchev–Trinajstić information content (AvgIpc) is 3.44. The van der Waals surface area contributed by atoms with Crippen LogP contribution in [0.2, 0.25) is 0 Å². The van der Waals surface area contributed by atoms with E-state index in [0.29, 0.717) is 22.3 Å². The van der Waals surface area contributed by atoms with Gasteiger partial charge in [-0.15, -0.1) is 0 Å². The number of rotatable bonds is 7. The number of nitrogen functional groups attached to an aromatic ring is 1. The van der Waals surface area contributed by atoms with Gasteiger partial charge in [0.05, 0.1) is 11.9 Å². The highest BCUT2D eigenvalue weighted by Gasteiger charge is 2.43. The van der Waals surface area contributed by atoms with Crippen LogP contribution in [0.4, 0.5) is 5.82 Å². The molecule has 38 heavy (non-hydrogen) atoms. The van der Waals surface area contributed by atoms with E-state index >= 15 is 0 Å². The Morgan fingerprint density at radius 3 is 2.61 bits per heavy atom. The lowest BCUT2D eigenvalue weighted by molar-refractivity contribution is -0.114. The van der Waals surface area contributed by atoms with E-state index in [1.165, 1.54) is 48.4 Å². The average molecular weight is 526 g/mol. The molecule has 4 rings (SSSR count). The molecule has 0 saturated carbocycles. The number of aliphatic hydroxyl groups is 2. The minimum absolute atomic E-state index is 0.0382. The maximum Gasteiger partial charge on any atom is 0.255 e. The fraction of sp³-hybridized carbons (Fsp3) is 0.292. The molecule has 1 fully saturated rings. The van der Waals surface area contributed by atoms with Crippen molar-refractivity contribution >= 4 is 34.4 Å². The molecule has 0 spiro atoms. The van der Waals surface area contributed by atoms with Crippen molar-refractivity contribution < 1.29 is 34.8 Å². The molecule has 3 aromatic rings. The number of nitrogens with one attached hydrogen (secondary N) is 1. The Morgan fingerprint density at radius 2 is 1.89 bits per heavy atom. The van der Waals surface area contributed by atoms with Crippen LogP contribution >= 0.6 is 0 Å². The summed E-state index contributed by atoms with van der Waals surface area (Å²) in [6, 6.07) is 2.55. The second kappa shape index (κ2) is 10.5. The number of hydrogen-bond acceptors (Lipinski definition) is 11. The number of fused-ring (bicyclic) bond motifs is 1. The van der Waals surface area contributed by atoms with Gasteiger partial charge in [-0.3, -0.25) is 14.2 Å². The van der Waals surface area contributed by atoms with Crippen molar-refractivity contribution in [3.8, 4) is 11.5 Å². The monoisotopic (exact) mass is 525 g/mol. The minimum atomic E-state index is -1.31. The third kappa shape index (κ3) is 4.87. The Labute approximate surface area is 215 Å². The lowest BCUT2D eigenvalue weighted by Gasteiger charge is -2.16. The second-order valence-corrected chi connectivity index (χ2v) is 8.70. The predicted octanol–water partition coefficient (Wildman–Crippen LogP) is -0.296. The molecular weight excluding hydrogens is 498 g/mol. The standard InChI is InChI=1S/C24H27N7O7/c1-10(11(2)21(26)36)12-6-13(17(33)14(32)7-12)23(37)27-5-3-4-15-18(34)19(35)24(38-15)31-9-30-16-20(25)28-8-29-22(16)31/h3-4,6-9,15,18-19,24,32-35H,5H2,1-2H3,(H2,26,36)(H,27,37)(H2,25,28,29). The number of benzene rings is 1. The number of aliphatic hydroxyl groups excluding tert-OH is 2. The van der Waals surface area contributed by atoms with Gasteiger partial charge in [0.25, 0.3) is 5.91 Å². The number of carbonyl (C=O) groups is 2. The number of carbonyl (C=O) groups excluding carboxylic acids is 2. The molecular formula is C24H27N7O7. The van der Waals surface area contributed by atoms with E-state index in [1.54, 1.807) is 6.92 Å². The molecule has 1 saturated heterocycles. The highest BCUT2D eigenvalue weighted by Crippen LogP contribution is 2.34. The van der Waals surface area contributed by atoms with Gasteiger partial charge in [0.1, 0.15) is 30.2 Å². The number of primary amides is 1. The molecule has 1 aliphatic heterocycles. The number of nitrogens with zero attached hydrogens (tertiary/aromatic N) is 4. The number of hydrogen-bond donors (Lipinski definition) is 7. The number of amides is 2. The molecule has 0 aliphatic carbocycles. The highest BCUT2D eigenvalue weighted by atomic mass is 16.6. The zero-order valence-electron chi connectivity index (χ0n) is 20.4. The molecule has 2 amide bonds. The van der Waals surface area contributed by atoms with Crippen molar-refractivity contribution in [2.24, 2.45) is 5.73 Å². The Kier molecular flexibility index (Phi) is 7.30. The number of aromatic hydroxyl groups is 2. The molecule has 4 atom stereocenters. The van der Waals surface area contributed by atoms with Gasteiger partial charge in [-0.1, -0.05) is 12.2 Å². The first-order valence-corrected chi connectivity index (χ1v) is 11.4. The fourth-order valence-corrected chi connectivity index (χ4v) is 3.99. The minimum Gasteiger partial charge on any atom is -0.504 e. The van der Waals surface area contributed by atoms with E-state index in [2.05, 4.69) is 20.3 Å². The summed E-state index contributed by atoms with van der Waals surface area (Å²) < 4.78 is 7.23. The summed E-state index contributed by atoms with van der Waals surface area (Å²) >= 11 is 0. The fourth-order valence-electron chi connectivity index (χ4n) is 3.99. The number of aromatic nitrogens is 4. The number of imidazole rings is 1. The summed E-state index contributed by atoms with van der Waals surface area (Å²) in [7, 11) is 0. The van der Waals surface area contributed by atoms with Crippen LogP contribution in [0.5, 0.6) is 11.5 Å². The number of nitrogens with two attached hydrogens (primary N) is 2. The summed E-state index contributed by atoms with van der Waals surface area (Å²) in [5, 5.41) is 43.8. The molecule has 2 aromatic heterocycles. The highest BCUT2D eigenvalue weighted by molar-refractivity contribution is 6.02. The largest absolute Gasteiger partial charge is 0.504 e. The Balaban J connectivity index is 1.44. The van der Waals surface area contributed by atoms with E-state index in [1.807, 2.05) is 0 Å². The first-order valence-electron chi connectivity index (χ1n) is 11.4. The van der Waals surface area contributed by atoms with Crippen LogP contribution in [0.25, 0.3) is 16.7 Å². The molecule has 14 heteroatoms. The normalized spacial score (nSPS) is 22.1. The maximum atomic E-state index is 12.7. The van der Waals surface area contributed by atoms with Gasteiger partial charge in [-0.05, 0) is 37.1 Å². The zero-order valence-corrected chi connectivity index (χ0v) is 20.4. The number of phenolic OH excluding ortho intramolecular Hbond substituents is 2. The van der Waals surface area contributed by atoms with E-state index < -0.39 is 47.9 Å². The smallest absolute Gasteiger partial charge is 0.255 e. The summed E-state index contributed by atoms with van der Waals surface area (Å²) in [6.07, 6.45) is 1.06. The zero-order chi connectivity index (χ0) is 27.7. The van der Waals surface area contributed by atoms with Gasteiger partial charge in [0, 0.05) is 12.1 Å². The lowest BCUT2D eigenvalue weighted by Crippen LogP contribution is -2.31. The molecule has 0 bridgehead atoms. The van der Waals surface area contributed by atoms with Gasteiger partial charge >= 0.3 is 0 Å². The predicted molar refractivity (Wildman–Crippen MR) is 134 cm³/mol. The van der Waals surface area contributed by atoms with Gasteiger partial charge in [0.15, 0.2) is 29.2 Å². The summed E-state index contributed by atoms with van der Waals surface area (Å²) in [5.41, 5.74) is 12.5. The summed E-state index contributed by atoms with van der Waals surface area (Å²) in [5.74, 6) is -2.37. The quantitative estimate of drug-likeness (QED) is 0.120. The van der Waals surface area contributed by atoms with E-state index in [4.69, 9.17) is 16.2 Å². The topological polar surface area (TPSA) is 232 Å². The first kappa shape index (κ1) is 26.5. The van der Waals surface area contributed by atoms with Crippen LogP contribution in [0.3, 0.4) is 0 Å². The van der Waals surface area contributed by atoms with Crippen molar-refractivity contribution in [3.63, 3.8) is 0 Å². The molecule has 200 valence electrons. The van der Waals surface area contributed by atoms with Crippen LogP contribution < -0.4 is 16.8 Å². The van der Waals surface area contributed by atoms with Crippen molar-refractivity contribution in [1.29, 1.82) is 0 Å². The van der Waals surface area contributed by atoms with Crippen LogP contribution in [-0.2, 0) is 9.53 Å². The van der Waals surface area contributed by atoms with Crippen LogP contribution in [0.15, 0.2) is 42.5 Å². The number of ether oxygens (including phenoxy) is 1. The number of anilines is 1. The van der Waals surface area contributed by atoms with Gasteiger partial charge < -0.3 is 41.9 Å². The molecule has 1 aromatic carbocycles. The Morgan fingerprint density at radius 1 is 1.16 bits per heavy atom. The number of phenols is 2. The van der Waals surface area contributed by atoms with Crippen molar-refractivity contribution in [2.75, 3.05) is 12.3 Å². The van der Waals surface area contributed by atoms with Gasteiger partial charge in [0.2, 0.25) is 5.91 Å². The molecule has 3 heterocycles. The van der Waals surface area contributed by atoms with Crippen molar-refractivity contribution in [2.45, 2.75) is 38.4 Å². The van der Waals surface area contributed by atoms with Gasteiger partial charge in [-0.25, -0.2) is 15.0 Å². The van der Waals surface area contributed by atoms with E-state index in [0.717, 1.165) is 0 Å². The van der Waals surface area contributed by atoms with E-state index in [9.17, 15) is 30.0 Å². The van der Waals surface area contributed by atoms with Gasteiger partial charge in [-0.2, -0.15) is 0 Å². The number of allylic oxidation sites excluding steroid dienone is 1. The summed E-state index contributed by atoms with van der Waals surface area (Å²) in [6.45, 7) is 3.06. The Bertz CT molecular complexity index is 1470. The third-order valence-electron chi connectivity index (χ3n) is 6.34. The van der Waals surface area contributed by atoms with E-state index in [-0.39, 0.29) is 23.5 Å². The van der Waals surface area contributed by atoms with Crippen LogP contribution in [-0.4, -0.2) is 76.6 Å². The second-order valence-electron chi connectivity index (χ2n) is 8.70. The SMILES string of the molecule is CC(C(N)=O)=C(C)c1cc(O)c(O)c(C(=O)NCC=CC2OC(n3cnc4c(N)ncnc43)C(O)C2O)c1. The molecule has 14 nitrogen and oxygen atoms in total. The Hall–Kier alpha value is -4.53. The maximum absolute atomic E-state index is 12.7. The molecule has 1 aliphatic rings. The van der Waals surface area contributed by atoms with Crippen molar-refractivity contribution in [3.05, 3.63) is 53.6 Å². The first-order chi connectivity index (χ1) is 18.0. The van der Waals surface area contributed by atoms with Crippen LogP contribution in [0, 0.1) is 0 Å². The summed E-state index contributed by atoms with van der Waals surface area (Å²) in [4.78, 5) is 36.3. The van der Waals surface area contributed by atoms with Crippen molar-refractivity contribution in [1.82, 2.24) is 24.8 Å². The third-order valence-corrected chi connectivity index (χ3v) is 6.34. The lowest BCUT2D eigenvalue weighted by atomic mass is 9.98. The van der Waals surface area contributed by atoms with Crippen LogP contribution in [0.1, 0.15) is 36.0 Å². The molecule has 9 N–H and O–H groups in total.